The van der Waals surface area contributed by atoms with Crippen molar-refractivity contribution in [3.05, 3.63) is 24.5 Å². The first kappa shape index (κ1) is 11.0. The Morgan fingerprint density at radius 3 is 2.67 bits per heavy atom. The van der Waals surface area contributed by atoms with Crippen LogP contribution in [-0.2, 0) is 4.79 Å². The number of carbonyl (C=O) groups excluding carboxylic acids is 1. The van der Waals surface area contributed by atoms with Gasteiger partial charge in [0.15, 0.2) is 0 Å². The molecular weight excluding hydrogens is 152 g/mol. The van der Waals surface area contributed by atoms with E-state index in [1.54, 1.807) is 6.08 Å². The minimum atomic E-state index is 0.113. The molecule has 2 heteroatoms. The molecular formula is C10H16O2. The first-order valence-electron chi connectivity index (χ1n) is 4.03. The summed E-state index contributed by atoms with van der Waals surface area (Å²) in [6.45, 7) is 7.39. The third-order valence-corrected chi connectivity index (χ3v) is 1.46. The summed E-state index contributed by atoms with van der Waals surface area (Å²) in [5.41, 5.74) is 0.889. The molecule has 0 aliphatic rings. The lowest BCUT2D eigenvalue weighted by Gasteiger charge is -2.03. The minimum absolute atomic E-state index is 0.113. The van der Waals surface area contributed by atoms with E-state index in [0.717, 1.165) is 11.8 Å². The molecule has 0 bridgehead atoms. The standard InChI is InChI=1S/C10H16O2/c1-8(2)6-10(12)7-9(3)4-5-11/h4-5,9,11H,1,6-7H2,2-3H3. The van der Waals surface area contributed by atoms with E-state index >= 15 is 0 Å². The van der Waals surface area contributed by atoms with Gasteiger partial charge in [-0.25, -0.2) is 0 Å². The molecule has 1 N–H and O–H groups in total. The van der Waals surface area contributed by atoms with Crippen LogP contribution in [-0.4, -0.2) is 10.9 Å². The third kappa shape index (κ3) is 5.71. The van der Waals surface area contributed by atoms with Crippen LogP contribution in [0.4, 0.5) is 0 Å². The molecule has 0 aliphatic heterocycles. The van der Waals surface area contributed by atoms with Crippen LogP contribution in [0.2, 0.25) is 0 Å². The van der Waals surface area contributed by atoms with E-state index in [-0.39, 0.29) is 11.7 Å². The van der Waals surface area contributed by atoms with Crippen molar-refractivity contribution >= 4 is 5.78 Å². The van der Waals surface area contributed by atoms with E-state index in [1.165, 1.54) is 0 Å². The Kier molecular flexibility index (Phi) is 5.09. The summed E-state index contributed by atoms with van der Waals surface area (Å²) in [6.07, 6.45) is 3.52. The second kappa shape index (κ2) is 5.58. The second-order valence-corrected chi connectivity index (χ2v) is 3.20. The lowest BCUT2D eigenvalue weighted by atomic mass is 10.0. The largest absolute Gasteiger partial charge is 0.516 e. The quantitative estimate of drug-likeness (QED) is 0.506. The molecule has 0 amide bonds. The zero-order chi connectivity index (χ0) is 9.56. The first-order chi connectivity index (χ1) is 5.56. The van der Waals surface area contributed by atoms with Gasteiger partial charge in [0.25, 0.3) is 0 Å². The van der Waals surface area contributed by atoms with Crippen molar-refractivity contribution in [2.24, 2.45) is 5.92 Å². The molecule has 1 unspecified atom stereocenters. The number of hydrogen-bond acceptors (Lipinski definition) is 2. The van der Waals surface area contributed by atoms with Crippen LogP contribution in [0.25, 0.3) is 0 Å². The fourth-order valence-corrected chi connectivity index (χ4v) is 0.983. The van der Waals surface area contributed by atoms with Crippen molar-refractivity contribution in [3.63, 3.8) is 0 Å². The molecule has 0 aliphatic carbocycles. The maximum atomic E-state index is 11.2. The van der Waals surface area contributed by atoms with Gasteiger partial charge in [-0.1, -0.05) is 19.1 Å². The van der Waals surface area contributed by atoms with Gasteiger partial charge in [0.2, 0.25) is 0 Å². The minimum Gasteiger partial charge on any atom is -0.516 e. The number of rotatable bonds is 5. The van der Waals surface area contributed by atoms with E-state index in [1.807, 2.05) is 13.8 Å². The highest BCUT2D eigenvalue weighted by Crippen LogP contribution is 2.08. The molecule has 0 aromatic heterocycles. The van der Waals surface area contributed by atoms with Gasteiger partial charge in [-0.05, 0) is 18.9 Å². The molecule has 0 saturated carbocycles. The number of aliphatic hydroxyl groups excluding tert-OH is 1. The van der Waals surface area contributed by atoms with Crippen LogP contribution in [0, 0.1) is 5.92 Å². The fraction of sp³-hybridized carbons (Fsp3) is 0.500. The van der Waals surface area contributed by atoms with Crippen molar-refractivity contribution in [3.8, 4) is 0 Å². The van der Waals surface area contributed by atoms with Crippen LogP contribution in [0.1, 0.15) is 26.7 Å². The molecule has 1 atom stereocenters. The predicted octanol–water partition coefficient (Wildman–Crippen LogP) is 2.62. The van der Waals surface area contributed by atoms with Gasteiger partial charge in [0, 0.05) is 12.8 Å². The Hall–Kier alpha value is -1.05. The van der Waals surface area contributed by atoms with E-state index in [4.69, 9.17) is 5.11 Å². The summed E-state index contributed by atoms with van der Waals surface area (Å²) >= 11 is 0. The topological polar surface area (TPSA) is 37.3 Å². The van der Waals surface area contributed by atoms with Crippen LogP contribution >= 0.6 is 0 Å². The molecule has 0 aromatic carbocycles. The second-order valence-electron chi connectivity index (χ2n) is 3.20. The zero-order valence-corrected chi connectivity index (χ0v) is 7.71. The van der Waals surface area contributed by atoms with Gasteiger partial charge in [0.1, 0.15) is 5.78 Å². The summed E-state index contributed by atoms with van der Waals surface area (Å²) in [5, 5.41) is 8.42. The summed E-state index contributed by atoms with van der Waals surface area (Å²) in [6, 6.07) is 0. The Bertz CT molecular complexity index is 192. The summed E-state index contributed by atoms with van der Waals surface area (Å²) in [7, 11) is 0. The molecule has 0 rings (SSSR count). The van der Waals surface area contributed by atoms with Crippen molar-refractivity contribution < 1.29 is 9.90 Å². The number of aliphatic hydroxyl groups is 1. The predicted molar refractivity (Wildman–Crippen MR) is 50.0 cm³/mol. The van der Waals surface area contributed by atoms with E-state index in [0.29, 0.717) is 12.8 Å². The Balaban J connectivity index is 3.76. The summed E-state index contributed by atoms with van der Waals surface area (Å²) in [4.78, 5) is 11.2. The van der Waals surface area contributed by atoms with Crippen molar-refractivity contribution in [2.75, 3.05) is 0 Å². The van der Waals surface area contributed by atoms with E-state index < -0.39 is 0 Å². The fourth-order valence-electron chi connectivity index (χ4n) is 0.983. The van der Waals surface area contributed by atoms with Gasteiger partial charge in [-0.3, -0.25) is 4.79 Å². The molecule has 2 nitrogen and oxygen atoms in total. The van der Waals surface area contributed by atoms with E-state index in [9.17, 15) is 4.79 Å². The van der Waals surface area contributed by atoms with Gasteiger partial charge < -0.3 is 5.11 Å². The number of ketones is 1. The number of allylic oxidation sites excluding steroid dienone is 2. The SMILES string of the molecule is C=C(C)CC(=O)CC(C)C=CO. The number of Topliss-reactive ketones (excluding diaryl/α,β-unsaturated/α-hetero) is 1. The van der Waals surface area contributed by atoms with Gasteiger partial charge in [0.05, 0.1) is 6.26 Å². The van der Waals surface area contributed by atoms with Gasteiger partial charge in [-0.2, -0.15) is 0 Å². The lowest BCUT2D eigenvalue weighted by Crippen LogP contribution is -2.03. The molecule has 0 fully saturated rings. The highest BCUT2D eigenvalue weighted by atomic mass is 16.2. The molecule has 68 valence electrons. The number of hydrogen-bond donors (Lipinski definition) is 1. The van der Waals surface area contributed by atoms with Crippen LogP contribution in [0.15, 0.2) is 24.5 Å². The summed E-state index contributed by atoms with van der Waals surface area (Å²) < 4.78 is 0. The molecule has 0 radical (unpaired) electrons. The lowest BCUT2D eigenvalue weighted by molar-refractivity contribution is -0.118. The normalized spacial score (nSPS) is 13.2. The monoisotopic (exact) mass is 168 g/mol. The molecule has 12 heavy (non-hydrogen) atoms. The maximum Gasteiger partial charge on any atom is 0.137 e. The van der Waals surface area contributed by atoms with Crippen molar-refractivity contribution in [1.29, 1.82) is 0 Å². The molecule has 0 spiro atoms. The van der Waals surface area contributed by atoms with Gasteiger partial charge >= 0.3 is 0 Å². The van der Waals surface area contributed by atoms with Crippen LogP contribution in [0.5, 0.6) is 0 Å². The Labute approximate surface area is 73.6 Å². The molecule has 0 aromatic rings. The molecule has 0 heterocycles. The average Bonchev–Trinajstić information content (AvgIpc) is 1.84. The Morgan fingerprint density at radius 2 is 2.25 bits per heavy atom. The highest BCUT2D eigenvalue weighted by molar-refractivity contribution is 5.80. The molecule has 0 saturated heterocycles. The van der Waals surface area contributed by atoms with E-state index in [2.05, 4.69) is 6.58 Å². The zero-order valence-electron chi connectivity index (χ0n) is 7.71. The summed E-state index contributed by atoms with van der Waals surface area (Å²) in [5.74, 6) is 0.287. The highest BCUT2D eigenvalue weighted by Gasteiger charge is 2.06. The average molecular weight is 168 g/mol. The van der Waals surface area contributed by atoms with Crippen LogP contribution in [0.3, 0.4) is 0 Å². The first-order valence-corrected chi connectivity index (χ1v) is 4.03. The number of carbonyl (C=O) groups is 1. The maximum absolute atomic E-state index is 11.2. The van der Waals surface area contributed by atoms with Crippen molar-refractivity contribution in [1.82, 2.24) is 0 Å². The smallest absolute Gasteiger partial charge is 0.137 e. The third-order valence-electron chi connectivity index (χ3n) is 1.46. The van der Waals surface area contributed by atoms with Crippen molar-refractivity contribution in [2.45, 2.75) is 26.7 Å². The van der Waals surface area contributed by atoms with Gasteiger partial charge in [-0.15, -0.1) is 0 Å². The Morgan fingerprint density at radius 1 is 1.67 bits per heavy atom. The van der Waals surface area contributed by atoms with Crippen LogP contribution < -0.4 is 0 Å².